The molecule has 0 bridgehead atoms. The van der Waals surface area contributed by atoms with E-state index in [-0.39, 0.29) is 12.6 Å². The first-order chi connectivity index (χ1) is 6.39. The molecule has 0 aromatic carbocycles. The minimum absolute atomic E-state index is 0.184. The second-order valence-corrected chi connectivity index (χ2v) is 3.67. The molecule has 3 nitrogen and oxygen atoms in total. The number of aliphatic hydroxyl groups is 1. The number of nitrogens with one attached hydrogen (secondary N) is 1. The van der Waals surface area contributed by atoms with Crippen LogP contribution >= 0.6 is 0 Å². The van der Waals surface area contributed by atoms with E-state index >= 15 is 0 Å². The molecule has 0 aromatic heterocycles. The predicted molar refractivity (Wildman–Crippen MR) is 46.0 cm³/mol. The van der Waals surface area contributed by atoms with Gasteiger partial charge in [-0.25, -0.2) is 0 Å². The van der Waals surface area contributed by atoms with Gasteiger partial charge in [-0.3, -0.25) is 4.90 Å². The highest BCUT2D eigenvalue weighted by molar-refractivity contribution is 4.78. The molecule has 0 spiro atoms. The molecule has 1 unspecified atom stereocenters. The zero-order valence-electron chi connectivity index (χ0n) is 8.01. The van der Waals surface area contributed by atoms with Crippen molar-refractivity contribution in [1.82, 2.24) is 10.2 Å². The van der Waals surface area contributed by atoms with Crippen LogP contribution in [-0.2, 0) is 0 Å². The number of β-amino-alcohol motifs (C(OH)–C–C–N with tert-alkyl or cyclic N) is 1. The van der Waals surface area contributed by atoms with Gasteiger partial charge in [0, 0.05) is 32.2 Å². The molecule has 0 aromatic rings. The molecule has 1 aliphatic heterocycles. The van der Waals surface area contributed by atoms with Crippen molar-refractivity contribution in [2.45, 2.75) is 25.2 Å². The van der Waals surface area contributed by atoms with E-state index in [0.29, 0.717) is 19.6 Å². The van der Waals surface area contributed by atoms with Gasteiger partial charge in [0.1, 0.15) is 0 Å². The SMILES string of the molecule is C[C@H]1CN(CC(O)C(F)(F)F)CCN1. The van der Waals surface area contributed by atoms with Crippen molar-refractivity contribution in [1.29, 1.82) is 0 Å². The van der Waals surface area contributed by atoms with E-state index in [1.165, 1.54) is 0 Å². The van der Waals surface area contributed by atoms with Gasteiger partial charge < -0.3 is 10.4 Å². The Morgan fingerprint density at radius 3 is 2.71 bits per heavy atom. The van der Waals surface area contributed by atoms with Crippen LogP contribution in [0.3, 0.4) is 0 Å². The smallest absolute Gasteiger partial charge is 0.382 e. The first-order valence-electron chi connectivity index (χ1n) is 4.60. The summed E-state index contributed by atoms with van der Waals surface area (Å²) in [4.78, 5) is 1.62. The fourth-order valence-corrected chi connectivity index (χ4v) is 1.53. The van der Waals surface area contributed by atoms with Gasteiger partial charge in [-0.2, -0.15) is 13.2 Å². The zero-order valence-corrected chi connectivity index (χ0v) is 8.01. The van der Waals surface area contributed by atoms with Crippen LogP contribution in [0.15, 0.2) is 0 Å². The van der Waals surface area contributed by atoms with Gasteiger partial charge in [0.25, 0.3) is 0 Å². The molecule has 14 heavy (non-hydrogen) atoms. The minimum Gasteiger partial charge on any atom is -0.382 e. The van der Waals surface area contributed by atoms with Crippen LogP contribution in [-0.4, -0.2) is 54.5 Å². The van der Waals surface area contributed by atoms with Gasteiger partial charge in [-0.15, -0.1) is 0 Å². The van der Waals surface area contributed by atoms with Crippen molar-refractivity contribution in [3.8, 4) is 0 Å². The number of halogens is 3. The fourth-order valence-electron chi connectivity index (χ4n) is 1.53. The van der Waals surface area contributed by atoms with Crippen LogP contribution in [0.2, 0.25) is 0 Å². The van der Waals surface area contributed by atoms with E-state index in [1.807, 2.05) is 6.92 Å². The maximum Gasteiger partial charge on any atom is 0.415 e. The average molecular weight is 212 g/mol. The molecule has 2 atom stereocenters. The third-order valence-electron chi connectivity index (χ3n) is 2.26. The highest BCUT2D eigenvalue weighted by Crippen LogP contribution is 2.20. The Kier molecular flexibility index (Phi) is 3.74. The van der Waals surface area contributed by atoms with Crippen LogP contribution in [0.1, 0.15) is 6.92 Å². The maximum atomic E-state index is 12.0. The van der Waals surface area contributed by atoms with Crippen molar-refractivity contribution in [3.63, 3.8) is 0 Å². The maximum absolute atomic E-state index is 12.0. The molecule has 1 fully saturated rings. The van der Waals surface area contributed by atoms with Gasteiger partial charge in [-0.1, -0.05) is 0 Å². The van der Waals surface area contributed by atoms with Gasteiger partial charge in [0.15, 0.2) is 6.10 Å². The van der Waals surface area contributed by atoms with Gasteiger partial charge in [0.2, 0.25) is 0 Å². The van der Waals surface area contributed by atoms with E-state index in [1.54, 1.807) is 4.90 Å². The van der Waals surface area contributed by atoms with E-state index < -0.39 is 12.3 Å². The lowest BCUT2D eigenvalue weighted by molar-refractivity contribution is -0.208. The first-order valence-corrected chi connectivity index (χ1v) is 4.60. The molecule has 6 heteroatoms. The average Bonchev–Trinajstić information content (AvgIpc) is 2.02. The van der Waals surface area contributed by atoms with Crippen molar-refractivity contribution in [2.75, 3.05) is 26.2 Å². The lowest BCUT2D eigenvalue weighted by Gasteiger charge is -2.33. The predicted octanol–water partition coefficient (Wildman–Crippen LogP) is 0.203. The standard InChI is InChI=1S/C8H15F3N2O/c1-6-4-13(3-2-12-6)5-7(14)8(9,10)11/h6-7,12,14H,2-5H2,1H3/t6-,7?/m0/s1. The van der Waals surface area contributed by atoms with E-state index in [4.69, 9.17) is 5.11 Å². The Morgan fingerprint density at radius 1 is 1.57 bits per heavy atom. The molecule has 0 amide bonds. The van der Waals surface area contributed by atoms with E-state index in [9.17, 15) is 13.2 Å². The summed E-state index contributed by atoms with van der Waals surface area (Å²) in [7, 11) is 0. The monoisotopic (exact) mass is 212 g/mol. The summed E-state index contributed by atoms with van der Waals surface area (Å²) >= 11 is 0. The Labute approximate surface area is 80.9 Å². The number of aliphatic hydroxyl groups excluding tert-OH is 1. The van der Waals surface area contributed by atoms with Gasteiger partial charge >= 0.3 is 6.18 Å². The van der Waals surface area contributed by atoms with Crippen molar-refractivity contribution < 1.29 is 18.3 Å². The molecule has 1 saturated heterocycles. The summed E-state index contributed by atoms with van der Waals surface area (Å²) in [6.07, 6.45) is -6.73. The molecule has 0 radical (unpaired) electrons. The number of alkyl halides is 3. The summed E-state index contributed by atoms with van der Waals surface area (Å²) in [6.45, 7) is 3.36. The van der Waals surface area contributed by atoms with E-state index in [2.05, 4.69) is 5.32 Å². The van der Waals surface area contributed by atoms with Crippen molar-refractivity contribution in [2.24, 2.45) is 0 Å². The van der Waals surface area contributed by atoms with Gasteiger partial charge in [0.05, 0.1) is 0 Å². The summed E-state index contributed by atoms with van der Waals surface area (Å²) in [6, 6.07) is 0.184. The van der Waals surface area contributed by atoms with Gasteiger partial charge in [-0.05, 0) is 6.92 Å². The largest absolute Gasteiger partial charge is 0.415 e. The zero-order chi connectivity index (χ0) is 10.8. The Balaban J connectivity index is 2.36. The molecule has 1 heterocycles. The molecule has 84 valence electrons. The number of hydrogen-bond acceptors (Lipinski definition) is 3. The highest BCUT2D eigenvalue weighted by Gasteiger charge is 2.39. The minimum atomic E-state index is -4.51. The molecule has 0 aliphatic carbocycles. The third kappa shape index (κ3) is 3.43. The van der Waals surface area contributed by atoms with Crippen LogP contribution in [0, 0.1) is 0 Å². The normalized spacial score (nSPS) is 27.6. The molecule has 0 saturated carbocycles. The summed E-state index contributed by atoms with van der Waals surface area (Å²) in [5, 5.41) is 12.0. The number of piperazine rings is 1. The van der Waals surface area contributed by atoms with Crippen LogP contribution in [0.25, 0.3) is 0 Å². The molecule has 1 rings (SSSR count). The second-order valence-electron chi connectivity index (χ2n) is 3.67. The number of hydrogen-bond donors (Lipinski definition) is 2. The van der Waals surface area contributed by atoms with E-state index in [0.717, 1.165) is 0 Å². The number of nitrogens with zero attached hydrogens (tertiary/aromatic N) is 1. The fraction of sp³-hybridized carbons (Fsp3) is 1.00. The highest BCUT2D eigenvalue weighted by atomic mass is 19.4. The first kappa shape index (κ1) is 11.7. The Hall–Kier alpha value is -0.330. The summed E-state index contributed by atoms with van der Waals surface area (Å²) < 4.78 is 36.0. The summed E-state index contributed by atoms with van der Waals surface area (Å²) in [5.74, 6) is 0. The Morgan fingerprint density at radius 2 is 2.21 bits per heavy atom. The van der Waals surface area contributed by atoms with Crippen LogP contribution in [0.4, 0.5) is 13.2 Å². The molecular weight excluding hydrogens is 197 g/mol. The van der Waals surface area contributed by atoms with Crippen LogP contribution in [0.5, 0.6) is 0 Å². The summed E-state index contributed by atoms with van der Waals surface area (Å²) in [5.41, 5.74) is 0. The number of rotatable bonds is 2. The second kappa shape index (κ2) is 4.46. The third-order valence-corrected chi connectivity index (χ3v) is 2.26. The van der Waals surface area contributed by atoms with Crippen molar-refractivity contribution >= 4 is 0 Å². The lowest BCUT2D eigenvalue weighted by Crippen LogP contribution is -2.52. The Bertz CT molecular complexity index is 186. The molecular formula is C8H15F3N2O. The van der Waals surface area contributed by atoms with Crippen LogP contribution < -0.4 is 5.32 Å². The topological polar surface area (TPSA) is 35.5 Å². The van der Waals surface area contributed by atoms with Crippen molar-refractivity contribution in [3.05, 3.63) is 0 Å². The quantitative estimate of drug-likeness (QED) is 0.686. The lowest BCUT2D eigenvalue weighted by atomic mass is 10.2. The molecule has 1 aliphatic rings. The molecule has 2 N–H and O–H groups in total.